The molecule has 152 valence electrons. The van der Waals surface area contributed by atoms with Crippen LogP contribution in [0.4, 0.5) is 0 Å². The highest BCUT2D eigenvalue weighted by Crippen LogP contribution is 2.24. The van der Waals surface area contributed by atoms with Gasteiger partial charge in [-0.25, -0.2) is 4.98 Å². The summed E-state index contributed by atoms with van der Waals surface area (Å²) in [7, 11) is 0. The Balaban J connectivity index is 1.15. The SMILES string of the molecule is O=C(c1cscn1)N1CCN(C2CN(C(=O)c3cccc4c3CNCC4)C2)CC1. The molecule has 4 heterocycles. The fourth-order valence-electron chi connectivity index (χ4n) is 4.51. The van der Waals surface area contributed by atoms with Crippen molar-refractivity contribution >= 4 is 23.2 Å². The molecule has 0 aliphatic carbocycles. The molecule has 0 bridgehead atoms. The second-order valence-electron chi connectivity index (χ2n) is 7.94. The highest BCUT2D eigenvalue weighted by atomic mass is 32.1. The van der Waals surface area contributed by atoms with E-state index in [4.69, 9.17) is 0 Å². The molecule has 1 aromatic heterocycles. The number of nitrogens with one attached hydrogen (secondary N) is 1. The van der Waals surface area contributed by atoms with Gasteiger partial charge in [0.05, 0.1) is 5.51 Å². The van der Waals surface area contributed by atoms with Gasteiger partial charge < -0.3 is 15.1 Å². The van der Waals surface area contributed by atoms with Gasteiger partial charge in [-0.1, -0.05) is 12.1 Å². The summed E-state index contributed by atoms with van der Waals surface area (Å²) in [5, 5.41) is 5.19. The topological polar surface area (TPSA) is 68.8 Å². The number of hydrogen-bond acceptors (Lipinski definition) is 6. The third-order valence-corrected chi connectivity index (χ3v) is 6.88. The minimum absolute atomic E-state index is 0.0266. The van der Waals surface area contributed by atoms with Crippen LogP contribution in [0.1, 0.15) is 32.0 Å². The Morgan fingerprint density at radius 1 is 1.07 bits per heavy atom. The molecule has 7 nitrogen and oxygen atoms in total. The summed E-state index contributed by atoms with van der Waals surface area (Å²) < 4.78 is 0. The van der Waals surface area contributed by atoms with E-state index in [0.717, 1.165) is 64.3 Å². The third kappa shape index (κ3) is 3.56. The molecule has 2 saturated heterocycles. The zero-order chi connectivity index (χ0) is 19.8. The smallest absolute Gasteiger partial charge is 0.273 e. The van der Waals surface area contributed by atoms with E-state index in [9.17, 15) is 9.59 Å². The van der Waals surface area contributed by atoms with Crippen LogP contribution in [0.2, 0.25) is 0 Å². The van der Waals surface area contributed by atoms with Crippen molar-refractivity contribution in [2.75, 3.05) is 45.8 Å². The Kier molecular flexibility index (Phi) is 5.07. The fraction of sp³-hybridized carbons (Fsp3) is 0.476. The standard InChI is InChI=1S/C21H25N5O2S/c27-20(17-3-1-2-15-4-5-22-10-18(15)17)26-11-16(12-26)24-6-8-25(9-7-24)21(28)19-13-29-14-23-19/h1-3,13-14,16,22H,4-12H2. The van der Waals surface area contributed by atoms with E-state index in [2.05, 4.69) is 21.3 Å². The quantitative estimate of drug-likeness (QED) is 0.818. The maximum Gasteiger partial charge on any atom is 0.273 e. The summed E-state index contributed by atoms with van der Waals surface area (Å²) in [4.78, 5) is 35.8. The normalized spacial score (nSPS) is 20.3. The second-order valence-corrected chi connectivity index (χ2v) is 8.65. The molecule has 3 aliphatic heterocycles. The maximum atomic E-state index is 13.0. The van der Waals surface area contributed by atoms with Gasteiger partial charge in [0.2, 0.25) is 0 Å². The Morgan fingerprint density at radius 3 is 2.66 bits per heavy atom. The summed E-state index contributed by atoms with van der Waals surface area (Å²) in [6.45, 7) is 6.46. The van der Waals surface area contributed by atoms with Gasteiger partial charge in [-0.2, -0.15) is 0 Å². The van der Waals surface area contributed by atoms with Crippen molar-refractivity contribution in [1.82, 2.24) is 25.0 Å². The van der Waals surface area contributed by atoms with Crippen LogP contribution in [0, 0.1) is 0 Å². The number of carbonyl (C=O) groups is 2. The molecule has 3 aliphatic rings. The van der Waals surface area contributed by atoms with Gasteiger partial charge in [-0.3, -0.25) is 14.5 Å². The highest BCUT2D eigenvalue weighted by molar-refractivity contribution is 7.07. The first kappa shape index (κ1) is 18.7. The van der Waals surface area contributed by atoms with Gasteiger partial charge in [0.1, 0.15) is 5.69 Å². The number of carbonyl (C=O) groups excluding carboxylic acids is 2. The van der Waals surface area contributed by atoms with Crippen LogP contribution >= 0.6 is 11.3 Å². The number of aromatic nitrogens is 1. The van der Waals surface area contributed by atoms with Gasteiger partial charge in [-0.15, -0.1) is 11.3 Å². The molecule has 8 heteroatoms. The molecule has 2 aromatic rings. The fourth-order valence-corrected chi connectivity index (χ4v) is 5.03. The van der Waals surface area contributed by atoms with Crippen LogP contribution < -0.4 is 5.32 Å². The van der Waals surface area contributed by atoms with Gasteiger partial charge in [0.25, 0.3) is 11.8 Å². The highest BCUT2D eigenvalue weighted by Gasteiger charge is 2.37. The van der Waals surface area contributed by atoms with Crippen LogP contribution in [-0.2, 0) is 13.0 Å². The minimum atomic E-state index is 0.0266. The van der Waals surface area contributed by atoms with Crippen LogP contribution in [0.15, 0.2) is 29.1 Å². The molecule has 2 amide bonds. The molecule has 1 aromatic carbocycles. The first-order valence-corrected chi connectivity index (χ1v) is 11.2. The summed E-state index contributed by atoms with van der Waals surface area (Å²) >= 11 is 1.45. The molecular formula is C21H25N5O2S. The summed E-state index contributed by atoms with van der Waals surface area (Å²) in [5.74, 6) is 0.179. The molecular weight excluding hydrogens is 386 g/mol. The average molecular weight is 412 g/mol. The second kappa shape index (κ2) is 7.85. The Hall–Kier alpha value is -2.29. The van der Waals surface area contributed by atoms with Crippen LogP contribution in [-0.4, -0.2) is 83.4 Å². The van der Waals surface area contributed by atoms with Crippen molar-refractivity contribution in [2.45, 2.75) is 19.0 Å². The number of amides is 2. The minimum Gasteiger partial charge on any atom is -0.335 e. The van der Waals surface area contributed by atoms with Crippen LogP contribution in [0.5, 0.6) is 0 Å². The molecule has 0 radical (unpaired) electrons. The predicted molar refractivity (Wildman–Crippen MR) is 111 cm³/mol. The van der Waals surface area contributed by atoms with E-state index in [0.29, 0.717) is 11.7 Å². The Bertz CT molecular complexity index is 902. The van der Waals surface area contributed by atoms with E-state index < -0.39 is 0 Å². The van der Waals surface area contributed by atoms with Crippen molar-refractivity contribution in [3.8, 4) is 0 Å². The summed E-state index contributed by atoms with van der Waals surface area (Å²) in [5.41, 5.74) is 5.56. The van der Waals surface area contributed by atoms with Gasteiger partial charge >= 0.3 is 0 Å². The maximum absolute atomic E-state index is 13.0. The molecule has 0 atom stereocenters. The first-order valence-electron chi connectivity index (χ1n) is 10.2. The summed E-state index contributed by atoms with van der Waals surface area (Å²) in [6.07, 6.45) is 0.989. The molecule has 5 rings (SSSR count). The molecule has 0 saturated carbocycles. The van der Waals surface area contributed by atoms with Gasteiger partial charge in [-0.05, 0) is 30.2 Å². The van der Waals surface area contributed by atoms with Crippen molar-refractivity contribution < 1.29 is 9.59 Å². The number of piperazine rings is 1. The summed E-state index contributed by atoms with van der Waals surface area (Å²) in [6, 6.07) is 6.50. The van der Waals surface area contributed by atoms with Crippen molar-refractivity contribution in [3.05, 3.63) is 51.5 Å². The van der Waals surface area contributed by atoms with E-state index in [1.165, 1.54) is 22.5 Å². The number of likely N-dealkylation sites (tertiary alicyclic amines) is 1. The zero-order valence-corrected chi connectivity index (χ0v) is 17.2. The lowest BCUT2D eigenvalue weighted by Crippen LogP contribution is -2.64. The number of rotatable bonds is 3. The monoisotopic (exact) mass is 411 g/mol. The number of thiazole rings is 1. The van der Waals surface area contributed by atoms with E-state index in [1.807, 2.05) is 27.3 Å². The lowest BCUT2D eigenvalue weighted by molar-refractivity contribution is 0.00836. The number of fused-ring (bicyclic) bond motifs is 1. The molecule has 2 fully saturated rings. The molecule has 29 heavy (non-hydrogen) atoms. The average Bonchev–Trinajstić information content (AvgIpc) is 3.27. The Labute approximate surface area is 174 Å². The molecule has 0 unspecified atom stereocenters. The van der Waals surface area contributed by atoms with Crippen molar-refractivity contribution in [1.29, 1.82) is 0 Å². The molecule has 0 spiro atoms. The lowest BCUT2D eigenvalue weighted by atomic mass is 9.94. The Morgan fingerprint density at radius 2 is 1.90 bits per heavy atom. The van der Waals surface area contributed by atoms with E-state index >= 15 is 0 Å². The lowest BCUT2D eigenvalue weighted by Gasteiger charge is -2.48. The first-order chi connectivity index (χ1) is 14.2. The van der Waals surface area contributed by atoms with E-state index in [1.54, 1.807) is 5.51 Å². The largest absolute Gasteiger partial charge is 0.335 e. The van der Waals surface area contributed by atoms with Gasteiger partial charge in [0.15, 0.2) is 0 Å². The van der Waals surface area contributed by atoms with E-state index in [-0.39, 0.29) is 11.8 Å². The predicted octanol–water partition coefficient (Wildman–Crippen LogP) is 1.07. The van der Waals surface area contributed by atoms with Crippen LogP contribution in [0.3, 0.4) is 0 Å². The van der Waals surface area contributed by atoms with Crippen molar-refractivity contribution in [3.63, 3.8) is 0 Å². The van der Waals surface area contributed by atoms with Gasteiger partial charge in [0, 0.05) is 62.8 Å². The number of nitrogens with zero attached hydrogens (tertiary/aromatic N) is 4. The van der Waals surface area contributed by atoms with Crippen LogP contribution in [0.25, 0.3) is 0 Å². The number of benzene rings is 1. The number of hydrogen-bond donors (Lipinski definition) is 1. The zero-order valence-electron chi connectivity index (χ0n) is 16.3. The molecule has 1 N–H and O–H groups in total. The van der Waals surface area contributed by atoms with Crippen molar-refractivity contribution in [2.24, 2.45) is 0 Å². The third-order valence-electron chi connectivity index (χ3n) is 6.30.